The molecule has 0 aliphatic carbocycles. The van der Waals surface area contributed by atoms with Crippen LogP contribution in [0, 0.1) is 3.57 Å². The Morgan fingerprint density at radius 1 is 1.15 bits per heavy atom. The van der Waals surface area contributed by atoms with E-state index in [9.17, 15) is 31.5 Å². The number of alkyl halides is 3. The Hall–Kier alpha value is -3.81. The van der Waals surface area contributed by atoms with Crippen molar-refractivity contribution in [2.24, 2.45) is 0 Å². The van der Waals surface area contributed by atoms with E-state index in [4.69, 9.17) is 14.2 Å². The number of halogens is 4. The number of aliphatic hydroxyl groups is 1. The fraction of sp³-hybridized carbons (Fsp3) is 0.333. The molecule has 17 heteroatoms. The first-order valence-corrected chi connectivity index (χ1v) is 16.6. The summed E-state index contributed by atoms with van der Waals surface area (Å²) in [5.74, 6) is -2.52. The Labute approximate surface area is 280 Å². The molecule has 0 spiro atoms. The van der Waals surface area contributed by atoms with Gasteiger partial charge in [-0.05, 0) is 65.1 Å². The van der Waals surface area contributed by atoms with Gasteiger partial charge < -0.3 is 29.4 Å². The normalized spacial score (nSPS) is 25.1. The molecule has 1 fully saturated rings. The van der Waals surface area contributed by atoms with E-state index in [0.29, 0.717) is 7.88 Å². The van der Waals surface area contributed by atoms with Crippen molar-refractivity contribution in [2.45, 2.75) is 35.4 Å². The van der Waals surface area contributed by atoms with Crippen LogP contribution in [0.1, 0.15) is 17.5 Å². The highest BCUT2D eigenvalue weighted by Gasteiger charge is 2.72. The fourth-order valence-corrected chi connectivity index (χ4v) is 9.05. The molecular weight excluding hydrogens is 762 g/mol. The Balaban J connectivity index is 1.70. The number of nitrogens with zero attached hydrogens (tertiary/aromatic N) is 2. The van der Waals surface area contributed by atoms with Crippen LogP contribution in [0.5, 0.6) is 23.0 Å². The minimum atomic E-state index is -5.30. The molecule has 47 heavy (non-hydrogen) atoms. The van der Waals surface area contributed by atoms with Gasteiger partial charge in [0, 0.05) is 23.1 Å². The summed E-state index contributed by atoms with van der Waals surface area (Å²) in [5.41, 5.74) is -2.00. The van der Waals surface area contributed by atoms with Crippen molar-refractivity contribution in [3.63, 3.8) is 0 Å². The number of anilines is 1. The molecule has 3 aliphatic rings. The van der Waals surface area contributed by atoms with Gasteiger partial charge in [-0.3, -0.25) is 14.1 Å². The Morgan fingerprint density at radius 2 is 1.89 bits per heavy atom. The van der Waals surface area contributed by atoms with E-state index in [1.54, 1.807) is 31.3 Å². The van der Waals surface area contributed by atoms with Crippen molar-refractivity contribution < 1.29 is 59.7 Å². The van der Waals surface area contributed by atoms with Gasteiger partial charge in [0.25, 0.3) is 15.9 Å². The van der Waals surface area contributed by atoms with Crippen LogP contribution in [0.4, 0.5) is 18.9 Å². The zero-order valence-electron chi connectivity index (χ0n) is 25.0. The van der Waals surface area contributed by atoms with Crippen LogP contribution >= 0.6 is 22.6 Å². The smallest absolute Gasteiger partial charge is 0.497 e. The van der Waals surface area contributed by atoms with Crippen LogP contribution in [0.2, 0.25) is 0 Å². The van der Waals surface area contributed by atoms with Crippen molar-refractivity contribution >= 4 is 50.1 Å². The number of likely N-dealkylation sites (N-methyl/N-ethyl adjacent to an activating group) is 2. The van der Waals surface area contributed by atoms with Gasteiger partial charge in [0.15, 0.2) is 23.3 Å². The summed E-state index contributed by atoms with van der Waals surface area (Å²) in [4.78, 5) is 27.9. The van der Waals surface area contributed by atoms with E-state index >= 15 is 4.79 Å². The van der Waals surface area contributed by atoms with Crippen LogP contribution in [0.15, 0.2) is 59.5 Å². The second-order valence-electron chi connectivity index (χ2n) is 11.3. The molecule has 0 radical (unpaired) electrons. The van der Waals surface area contributed by atoms with Crippen LogP contribution in [0.3, 0.4) is 0 Å². The molecule has 250 valence electrons. The molecule has 3 heterocycles. The van der Waals surface area contributed by atoms with Gasteiger partial charge in [0.1, 0.15) is 23.3 Å². The number of aliphatic hydroxyl groups excluding tert-OH is 1. The molecule has 2 unspecified atom stereocenters. The first-order valence-electron chi connectivity index (χ1n) is 14.1. The number of amides is 2. The molecule has 0 saturated carbocycles. The number of carbonyl (C=O) groups excluding carboxylic acids is 2. The monoisotopic (exact) mass is 790 g/mol. The summed E-state index contributed by atoms with van der Waals surface area (Å²) in [6.07, 6.45) is -6.46. The number of rotatable bonds is 7. The maximum atomic E-state index is 15.4. The molecule has 2 amide bonds. The molecule has 3 aromatic rings. The number of nitrogens with one attached hydrogen (secondary N) is 1. The third-order valence-corrected chi connectivity index (χ3v) is 11.2. The van der Waals surface area contributed by atoms with E-state index in [0.717, 1.165) is 18.2 Å². The van der Waals surface area contributed by atoms with E-state index in [1.165, 1.54) is 26.3 Å². The first kappa shape index (κ1) is 33.1. The van der Waals surface area contributed by atoms with Crippen LogP contribution in [-0.4, -0.2) is 82.9 Å². The van der Waals surface area contributed by atoms with Crippen molar-refractivity contribution in [3.8, 4) is 23.0 Å². The molecule has 6 rings (SSSR count). The molecule has 12 nitrogen and oxygen atoms in total. The van der Waals surface area contributed by atoms with Gasteiger partial charge in [-0.15, -0.1) is 13.2 Å². The van der Waals surface area contributed by atoms with E-state index in [2.05, 4.69) is 10.1 Å². The number of sulfonamides is 1. The highest BCUT2D eigenvalue weighted by molar-refractivity contribution is 14.1. The largest absolute Gasteiger partial charge is 0.573 e. The van der Waals surface area contributed by atoms with E-state index in [1.807, 2.05) is 22.6 Å². The number of para-hydroxylation sites is 1. The third kappa shape index (κ3) is 4.96. The van der Waals surface area contributed by atoms with Crippen LogP contribution in [-0.2, 0) is 25.2 Å². The lowest BCUT2D eigenvalue weighted by Crippen LogP contribution is -2.69. The standard InChI is InChI=1S/C30H27F3IN3O9S/c1-35-27(39)22-12-17(38)14-37(22,2)29(19-5-4-6-23-26(19)45-15-44-23)20-11-16(34)7-9-21(20)36(28(29)40)47(41,42)25-10-8-18(43-3)13-24(25)46-30(31,32)33/h4-11,13,17,22,38H,12,14-15H2,1-3H3/p+1/t17-,22+,29?,37?/m1/s1. The van der Waals surface area contributed by atoms with Gasteiger partial charge in [0.2, 0.25) is 12.3 Å². The Kier molecular flexibility index (Phi) is 8.04. The van der Waals surface area contributed by atoms with Gasteiger partial charge >= 0.3 is 12.3 Å². The molecule has 1 saturated heterocycles. The number of methoxy groups -OCH3 is 1. The molecule has 3 aromatic carbocycles. The number of likely N-dealkylation sites (tertiary alicyclic amines) is 1. The fourth-order valence-electron chi connectivity index (χ4n) is 6.99. The summed E-state index contributed by atoms with van der Waals surface area (Å²) in [6, 6.07) is 10.9. The second kappa shape index (κ2) is 11.4. The summed E-state index contributed by atoms with van der Waals surface area (Å²) in [5, 5.41) is 13.6. The molecular formula is C30H28F3IN3O9S+. The number of carbonyl (C=O) groups is 2. The number of fused-ring (bicyclic) bond motifs is 2. The molecule has 0 aromatic heterocycles. The van der Waals surface area contributed by atoms with Crippen LogP contribution in [0.25, 0.3) is 0 Å². The first-order chi connectivity index (χ1) is 22.1. The van der Waals surface area contributed by atoms with Gasteiger partial charge in [0.05, 0.1) is 31.0 Å². The Morgan fingerprint density at radius 3 is 2.57 bits per heavy atom. The minimum absolute atomic E-state index is 0.0777. The number of ether oxygens (including phenoxy) is 4. The summed E-state index contributed by atoms with van der Waals surface area (Å²) < 4.78 is 91.0. The summed E-state index contributed by atoms with van der Waals surface area (Å²) in [7, 11) is -1.05. The lowest BCUT2D eigenvalue weighted by molar-refractivity contribution is -0.953. The lowest BCUT2D eigenvalue weighted by atomic mass is 9.78. The lowest BCUT2D eigenvalue weighted by Gasteiger charge is -2.48. The van der Waals surface area contributed by atoms with Gasteiger partial charge in [-0.2, -0.15) is 4.31 Å². The predicted octanol–water partition coefficient (Wildman–Crippen LogP) is 3.23. The highest BCUT2D eigenvalue weighted by Crippen LogP contribution is 2.59. The average molecular weight is 791 g/mol. The van der Waals surface area contributed by atoms with Crippen molar-refractivity contribution in [3.05, 3.63) is 69.3 Å². The SMILES string of the molecule is CNC(=O)[C@@H]1C[C@@H](O)C[N+]1(C)C1(c2cccc3c2OCO3)C(=O)N(S(=O)(=O)c2ccc(OC)cc2OC(F)(F)F)c2ccc(I)cc21. The van der Waals surface area contributed by atoms with Gasteiger partial charge in [-0.1, -0.05) is 6.07 Å². The van der Waals surface area contributed by atoms with Crippen molar-refractivity contribution in [1.82, 2.24) is 5.32 Å². The second-order valence-corrected chi connectivity index (χ2v) is 14.3. The van der Waals surface area contributed by atoms with Crippen LogP contribution < -0.4 is 28.6 Å². The number of hydrogen-bond donors (Lipinski definition) is 2. The molecule has 4 atom stereocenters. The quantitative estimate of drug-likeness (QED) is 0.273. The average Bonchev–Trinajstić information content (AvgIpc) is 3.68. The molecule has 3 aliphatic heterocycles. The molecule has 2 N–H and O–H groups in total. The van der Waals surface area contributed by atoms with E-state index < -0.39 is 61.0 Å². The van der Waals surface area contributed by atoms with Gasteiger partial charge in [-0.25, -0.2) is 8.42 Å². The summed E-state index contributed by atoms with van der Waals surface area (Å²) in [6.45, 7) is -0.398. The van der Waals surface area contributed by atoms with E-state index in [-0.39, 0.29) is 53.8 Å². The molecule has 0 bridgehead atoms. The minimum Gasteiger partial charge on any atom is -0.497 e. The Bertz CT molecular complexity index is 1910. The topological polar surface area (TPSA) is 141 Å². The van der Waals surface area contributed by atoms with Crippen molar-refractivity contribution in [2.75, 3.05) is 38.8 Å². The number of hydrogen-bond acceptors (Lipinski definition) is 9. The third-order valence-electron chi connectivity index (χ3n) is 8.83. The zero-order valence-corrected chi connectivity index (χ0v) is 28.0. The summed E-state index contributed by atoms with van der Waals surface area (Å²) >= 11 is 1.99. The number of benzene rings is 3. The maximum Gasteiger partial charge on any atom is 0.573 e. The zero-order chi connectivity index (χ0) is 34.1. The highest BCUT2D eigenvalue weighted by atomic mass is 127. The number of quaternary nitrogens is 1. The maximum absolute atomic E-state index is 15.4. The predicted molar refractivity (Wildman–Crippen MR) is 166 cm³/mol. The van der Waals surface area contributed by atoms with Crippen molar-refractivity contribution in [1.29, 1.82) is 0 Å².